The summed E-state index contributed by atoms with van der Waals surface area (Å²) in [6.45, 7) is 1.51. The fraction of sp³-hybridized carbons (Fsp3) is 0.111. The van der Waals surface area contributed by atoms with Crippen molar-refractivity contribution in [1.29, 1.82) is 0 Å². The second-order valence-corrected chi connectivity index (χ2v) is 5.83. The van der Waals surface area contributed by atoms with Crippen LogP contribution in [0.3, 0.4) is 0 Å². The summed E-state index contributed by atoms with van der Waals surface area (Å²) in [5, 5.41) is 14.6. The van der Waals surface area contributed by atoms with Crippen LogP contribution < -0.4 is 15.4 Å². The molecule has 2 N–H and O–H groups in total. The van der Waals surface area contributed by atoms with Crippen LogP contribution in [0, 0.1) is 0 Å². The number of hydrogen-bond donors (Lipinski definition) is 2. The lowest BCUT2D eigenvalue weighted by atomic mass is 10.1. The van der Waals surface area contributed by atoms with Gasteiger partial charge in [-0.05, 0) is 37.3 Å². The highest BCUT2D eigenvalue weighted by Crippen LogP contribution is 2.30. The fourth-order valence-electron chi connectivity index (χ4n) is 2.28. The Morgan fingerprint density at radius 1 is 1.15 bits per heavy atom. The van der Waals surface area contributed by atoms with Gasteiger partial charge in [-0.2, -0.15) is 10.1 Å². The average Bonchev–Trinajstić information content (AvgIpc) is 2.62. The topological polar surface area (TPSA) is 89.0 Å². The smallest absolute Gasteiger partial charge is 0.249 e. The first-order chi connectivity index (χ1) is 12.5. The van der Waals surface area contributed by atoms with Gasteiger partial charge in [0.05, 0.1) is 19.0 Å². The number of nitrogens with one attached hydrogen (secondary N) is 2. The number of ether oxygens (including phenoxy) is 1. The molecule has 3 rings (SSSR count). The molecule has 0 atom stereocenters. The largest absolute Gasteiger partial charge is 0.495 e. The number of hydrogen-bond acceptors (Lipinski definition) is 7. The van der Waals surface area contributed by atoms with E-state index in [0.717, 1.165) is 0 Å². The third-order valence-electron chi connectivity index (χ3n) is 3.51. The molecule has 132 valence electrons. The van der Waals surface area contributed by atoms with Gasteiger partial charge in [-0.3, -0.25) is 4.79 Å². The number of carbonyl (C=O) groups excluding carboxylic acids is 1. The molecule has 0 amide bonds. The van der Waals surface area contributed by atoms with Crippen molar-refractivity contribution < 1.29 is 9.53 Å². The van der Waals surface area contributed by atoms with Crippen LogP contribution in [0.1, 0.15) is 17.3 Å². The minimum Gasteiger partial charge on any atom is -0.495 e. The molecular weight excluding hydrogens is 354 g/mol. The zero-order chi connectivity index (χ0) is 18.5. The van der Waals surface area contributed by atoms with Crippen molar-refractivity contribution in [3.8, 4) is 5.75 Å². The molecule has 3 aromatic rings. The molecule has 8 heteroatoms. The lowest BCUT2D eigenvalue weighted by Crippen LogP contribution is -2.03. The van der Waals surface area contributed by atoms with E-state index in [0.29, 0.717) is 33.5 Å². The maximum absolute atomic E-state index is 11.5. The molecular formula is C18H16ClN5O2. The number of benzene rings is 2. The number of methoxy groups -OCH3 is 1. The van der Waals surface area contributed by atoms with E-state index in [9.17, 15) is 4.79 Å². The van der Waals surface area contributed by atoms with Gasteiger partial charge in [-0.25, -0.2) is 0 Å². The van der Waals surface area contributed by atoms with E-state index in [1.807, 2.05) is 6.07 Å². The van der Waals surface area contributed by atoms with Crippen LogP contribution in [0.4, 0.5) is 23.1 Å². The van der Waals surface area contributed by atoms with Crippen LogP contribution in [0.5, 0.6) is 5.75 Å². The third-order valence-corrected chi connectivity index (χ3v) is 3.74. The van der Waals surface area contributed by atoms with Crippen LogP contribution >= 0.6 is 11.6 Å². The quantitative estimate of drug-likeness (QED) is 0.628. The maximum Gasteiger partial charge on any atom is 0.249 e. The van der Waals surface area contributed by atoms with Gasteiger partial charge in [0, 0.05) is 16.3 Å². The summed E-state index contributed by atoms with van der Waals surface area (Å²) in [4.78, 5) is 15.9. The lowest BCUT2D eigenvalue weighted by molar-refractivity contribution is 0.101. The highest BCUT2D eigenvalue weighted by molar-refractivity contribution is 6.31. The van der Waals surface area contributed by atoms with Gasteiger partial charge in [-0.1, -0.05) is 23.7 Å². The van der Waals surface area contributed by atoms with Crippen LogP contribution in [-0.2, 0) is 0 Å². The molecule has 1 aromatic heterocycles. The van der Waals surface area contributed by atoms with Gasteiger partial charge in [0.2, 0.25) is 5.95 Å². The van der Waals surface area contributed by atoms with Gasteiger partial charge >= 0.3 is 0 Å². The minimum absolute atomic E-state index is 0.0174. The van der Waals surface area contributed by atoms with Gasteiger partial charge in [-0.15, -0.1) is 5.10 Å². The Bertz CT molecular complexity index is 948. The molecule has 7 nitrogen and oxygen atoms in total. The van der Waals surface area contributed by atoms with E-state index >= 15 is 0 Å². The molecule has 0 saturated heterocycles. The van der Waals surface area contributed by atoms with Crippen LogP contribution in [0.15, 0.2) is 48.7 Å². The first-order valence-electron chi connectivity index (χ1n) is 7.73. The predicted molar refractivity (Wildman–Crippen MR) is 101 cm³/mol. The van der Waals surface area contributed by atoms with Crippen LogP contribution in [0.2, 0.25) is 5.02 Å². The summed E-state index contributed by atoms with van der Waals surface area (Å²) in [7, 11) is 1.57. The lowest BCUT2D eigenvalue weighted by Gasteiger charge is -2.11. The molecule has 26 heavy (non-hydrogen) atoms. The number of rotatable bonds is 6. The van der Waals surface area contributed by atoms with Crippen molar-refractivity contribution in [2.75, 3.05) is 17.7 Å². The van der Waals surface area contributed by atoms with Crippen molar-refractivity contribution in [3.05, 3.63) is 59.2 Å². The summed E-state index contributed by atoms with van der Waals surface area (Å²) < 4.78 is 5.30. The molecule has 0 aliphatic carbocycles. The van der Waals surface area contributed by atoms with Crippen molar-refractivity contribution in [1.82, 2.24) is 15.2 Å². The molecule has 0 fully saturated rings. The Balaban J connectivity index is 1.82. The monoisotopic (exact) mass is 369 g/mol. The zero-order valence-corrected chi connectivity index (χ0v) is 14.9. The van der Waals surface area contributed by atoms with Gasteiger partial charge < -0.3 is 15.4 Å². The van der Waals surface area contributed by atoms with E-state index in [2.05, 4.69) is 25.8 Å². The number of halogens is 1. The number of carbonyl (C=O) groups is 1. The molecule has 0 saturated carbocycles. The highest BCUT2D eigenvalue weighted by Gasteiger charge is 2.08. The molecule has 0 aliphatic heterocycles. The second-order valence-electron chi connectivity index (χ2n) is 5.40. The Morgan fingerprint density at radius 3 is 2.77 bits per heavy atom. The van der Waals surface area contributed by atoms with Crippen LogP contribution in [0.25, 0.3) is 0 Å². The number of nitrogens with zero attached hydrogens (tertiary/aromatic N) is 3. The van der Waals surface area contributed by atoms with Crippen molar-refractivity contribution >= 4 is 40.5 Å². The number of anilines is 4. The molecule has 2 aromatic carbocycles. The van der Waals surface area contributed by atoms with Crippen LogP contribution in [-0.4, -0.2) is 28.1 Å². The molecule has 0 radical (unpaired) electrons. The average molecular weight is 370 g/mol. The summed E-state index contributed by atoms with van der Waals surface area (Å²) in [5.74, 6) is 1.36. The van der Waals surface area contributed by atoms with E-state index in [4.69, 9.17) is 16.3 Å². The summed E-state index contributed by atoms with van der Waals surface area (Å²) in [6.07, 6.45) is 1.48. The van der Waals surface area contributed by atoms with E-state index in [1.54, 1.807) is 43.5 Å². The highest BCUT2D eigenvalue weighted by atomic mass is 35.5. The molecule has 0 unspecified atom stereocenters. The fourth-order valence-corrected chi connectivity index (χ4v) is 2.45. The maximum atomic E-state index is 11.5. The van der Waals surface area contributed by atoms with Crippen molar-refractivity contribution in [3.63, 3.8) is 0 Å². The summed E-state index contributed by atoms with van der Waals surface area (Å²) >= 11 is 6.04. The normalized spacial score (nSPS) is 10.3. The third kappa shape index (κ3) is 4.25. The minimum atomic E-state index is -0.0174. The van der Waals surface area contributed by atoms with Gasteiger partial charge in [0.1, 0.15) is 5.75 Å². The van der Waals surface area contributed by atoms with E-state index in [-0.39, 0.29) is 11.7 Å². The summed E-state index contributed by atoms with van der Waals surface area (Å²) in [5.41, 5.74) is 1.95. The number of ketones is 1. The van der Waals surface area contributed by atoms with E-state index < -0.39 is 0 Å². The SMILES string of the molecule is COc1ccc(Cl)cc1Nc1cnnc(Nc2cccc(C(C)=O)c2)n1. The Kier molecular flexibility index (Phi) is 5.28. The van der Waals surface area contributed by atoms with Crippen molar-refractivity contribution in [2.24, 2.45) is 0 Å². The van der Waals surface area contributed by atoms with Crippen molar-refractivity contribution in [2.45, 2.75) is 6.92 Å². The molecule has 0 aliphatic rings. The van der Waals surface area contributed by atoms with Gasteiger partial charge in [0.25, 0.3) is 0 Å². The Morgan fingerprint density at radius 2 is 2.00 bits per heavy atom. The Hall–Kier alpha value is -3.19. The van der Waals surface area contributed by atoms with E-state index in [1.165, 1.54) is 13.1 Å². The predicted octanol–water partition coefficient (Wildman–Crippen LogP) is 4.22. The Labute approximate surface area is 155 Å². The molecule has 1 heterocycles. The molecule has 0 spiro atoms. The second kappa shape index (κ2) is 7.79. The van der Waals surface area contributed by atoms with Gasteiger partial charge in [0.15, 0.2) is 11.6 Å². The summed E-state index contributed by atoms with van der Waals surface area (Å²) in [6, 6.07) is 12.3. The first-order valence-corrected chi connectivity index (χ1v) is 8.11. The first kappa shape index (κ1) is 17.6. The number of Topliss-reactive ketones (excluding diaryl/α,β-unsaturated/α-hetero) is 1. The molecule has 0 bridgehead atoms. The standard InChI is InChI=1S/C18H16ClN5O2/c1-11(25)12-4-3-5-14(8-12)21-18-23-17(10-20-24-18)22-15-9-13(19)6-7-16(15)26-2/h3-10H,1-2H3,(H2,21,22,23,24). The number of aromatic nitrogens is 3. The zero-order valence-electron chi connectivity index (χ0n) is 14.2.